The quantitative estimate of drug-likeness (QED) is 0.813. The molecular formula is C8H9BrN2O2. The van der Waals surface area contributed by atoms with Crippen LogP contribution in [-0.4, -0.2) is 17.6 Å². The van der Waals surface area contributed by atoms with Gasteiger partial charge in [0.15, 0.2) is 0 Å². The monoisotopic (exact) mass is 244 g/mol. The van der Waals surface area contributed by atoms with Crippen LogP contribution in [0.5, 0.6) is 0 Å². The van der Waals surface area contributed by atoms with Gasteiger partial charge in [-0.1, -0.05) is 11.7 Å². The predicted molar refractivity (Wildman–Crippen MR) is 51.1 cm³/mol. The van der Waals surface area contributed by atoms with Crippen molar-refractivity contribution in [3.05, 3.63) is 29.1 Å². The van der Waals surface area contributed by atoms with Crippen LogP contribution in [0.1, 0.15) is 5.76 Å². The second-order valence-corrected chi connectivity index (χ2v) is 3.17. The van der Waals surface area contributed by atoms with Gasteiger partial charge < -0.3 is 9.84 Å². The summed E-state index contributed by atoms with van der Waals surface area (Å²) in [4.78, 5) is 10.7. The molecule has 5 heteroatoms. The summed E-state index contributed by atoms with van der Waals surface area (Å²) < 4.78 is 5.57. The first-order valence-electron chi connectivity index (χ1n) is 3.73. The minimum atomic E-state index is -0.182. The van der Waals surface area contributed by atoms with E-state index < -0.39 is 0 Å². The predicted octanol–water partition coefficient (Wildman–Crippen LogP) is 1.28. The zero-order chi connectivity index (χ0) is 9.68. The zero-order valence-electron chi connectivity index (χ0n) is 6.92. The third kappa shape index (κ3) is 3.42. The van der Waals surface area contributed by atoms with Gasteiger partial charge in [0.2, 0.25) is 5.91 Å². The van der Waals surface area contributed by atoms with E-state index in [9.17, 15) is 4.79 Å². The number of hydrogen-bond acceptors (Lipinski definition) is 3. The molecule has 0 aromatic carbocycles. The Hall–Kier alpha value is -1.10. The van der Waals surface area contributed by atoms with Gasteiger partial charge in [0, 0.05) is 19.0 Å². The van der Waals surface area contributed by atoms with Crippen LogP contribution >= 0.6 is 15.9 Å². The Morgan fingerprint density at radius 2 is 2.62 bits per heavy atom. The Bertz CT molecular complexity index is 309. The lowest BCUT2D eigenvalue weighted by Crippen LogP contribution is -2.23. The standard InChI is InChI=1S/C8H9BrN2O2/c1-2-8(12)10-4-3-6-5-7(9)11-13-6/h2,5H,1,3-4H2,(H,10,12). The number of carbonyl (C=O) groups is 1. The summed E-state index contributed by atoms with van der Waals surface area (Å²) in [5, 5.41) is 6.27. The van der Waals surface area contributed by atoms with Crippen molar-refractivity contribution in [2.45, 2.75) is 6.42 Å². The van der Waals surface area contributed by atoms with Crippen LogP contribution < -0.4 is 5.32 Å². The van der Waals surface area contributed by atoms with Crippen molar-refractivity contribution in [3.8, 4) is 0 Å². The second kappa shape index (κ2) is 4.81. The Morgan fingerprint density at radius 3 is 3.15 bits per heavy atom. The van der Waals surface area contributed by atoms with Crippen LogP contribution in [0, 0.1) is 0 Å². The number of amides is 1. The number of nitrogens with zero attached hydrogens (tertiary/aromatic N) is 1. The molecule has 1 aromatic rings. The van der Waals surface area contributed by atoms with E-state index in [0.717, 1.165) is 5.76 Å². The van der Waals surface area contributed by atoms with Crippen LogP contribution in [0.25, 0.3) is 0 Å². The van der Waals surface area contributed by atoms with Gasteiger partial charge >= 0.3 is 0 Å². The maximum Gasteiger partial charge on any atom is 0.243 e. The molecule has 0 spiro atoms. The molecule has 0 fully saturated rings. The van der Waals surface area contributed by atoms with Gasteiger partial charge in [-0.3, -0.25) is 4.79 Å². The first-order valence-corrected chi connectivity index (χ1v) is 4.53. The number of nitrogens with one attached hydrogen (secondary N) is 1. The van der Waals surface area contributed by atoms with E-state index in [-0.39, 0.29) is 5.91 Å². The van der Waals surface area contributed by atoms with Crippen molar-refractivity contribution < 1.29 is 9.32 Å². The Kier molecular flexibility index (Phi) is 3.70. The lowest BCUT2D eigenvalue weighted by atomic mass is 10.3. The van der Waals surface area contributed by atoms with Crippen LogP contribution in [0.3, 0.4) is 0 Å². The maximum absolute atomic E-state index is 10.7. The molecule has 0 unspecified atom stereocenters. The summed E-state index contributed by atoms with van der Waals surface area (Å²) in [6.45, 7) is 3.86. The van der Waals surface area contributed by atoms with Crippen molar-refractivity contribution in [1.29, 1.82) is 0 Å². The van der Waals surface area contributed by atoms with E-state index in [1.54, 1.807) is 6.07 Å². The SMILES string of the molecule is C=CC(=O)NCCc1cc(Br)no1. The lowest BCUT2D eigenvalue weighted by molar-refractivity contribution is -0.116. The van der Waals surface area contributed by atoms with Crippen LogP contribution in [0.4, 0.5) is 0 Å². The molecule has 0 bridgehead atoms. The van der Waals surface area contributed by atoms with E-state index in [1.165, 1.54) is 6.08 Å². The average molecular weight is 245 g/mol. The second-order valence-electron chi connectivity index (χ2n) is 2.36. The minimum absolute atomic E-state index is 0.182. The maximum atomic E-state index is 10.7. The summed E-state index contributed by atoms with van der Waals surface area (Å²) >= 11 is 3.16. The lowest BCUT2D eigenvalue weighted by Gasteiger charge is -1.97. The first-order chi connectivity index (χ1) is 6.22. The minimum Gasteiger partial charge on any atom is -0.360 e. The highest BCUT2D eigenvalue weighted by atomic mass is 79.9. The van der Waals surface area contributed by atoms with Gasteiger partial charge in [0.25, 0.3) is 0 Å². The van der Waals surface area contributed by atoms with Crippen molar-refractivity contribution >= 4 is 21.8 Å². The average Bonchev–Trinajstić information content (AvgIpc) is 2.51. The molecule has 0 radical (unpaired) electrons. The van der Waals surface area contributed by atoms with E-state index in [4.69, 9.17) is 4.52 Å². The summed E-state index contributed by atoms with van der Waals surface area (Å²) in [7, 11) is 0. The molecule has 0 saturated heterocycles. The molecular weight excluding hydrogens is 236 g/mol. The molecule has 1 N–H and O–H groups in total. The Labute approximate surface area is 84.1 Å². The molecule has 4 nitrogen and oxygen atoms in total. The van der Waals surface area contributed by atoms with Crippen molar-refractivity contribution in [2.24, 2.45) is 0 Å². The Balaban J connectivity index is 2.27. The molecule has 1 aromatic heterocycles. The third-order valence-electron chi connectivity index (χ3n) is 1.39. The summed E-state index contributed by atoms with van der Waals surface area (Å²) in [5.74, 6) is 0.551. The number of hydrogen-bond donors (Lipinski definition) is 1. The highest BCUT2D eigenvalue weighted by Gasteiger charge is 2.01. The molecule has 70 valence electrons. The topological polar surface area (TPSA) is 55.1 Å². The fourth-order valence-electron chi connectivity index (χ4n) is 0.787. The van der Waals surface area contributed by atoms with Crippen LogP contribution in [0.15, 0.2) is 27.8 Å². The van der Waals surface area contributed by atoms with Crippen molar-refractivity contribution in [3.63, 3.8) is 0 Å². The van der Waals surface area contributed by atoms with Crippen molar-refractivity contribution in [2.75, 3.05) is 6.54 Å². The number of aromatic nitrogens is 1. The van der Waals surface area contributed by atoms with Crippen LogP contribution in [0.2, 0.25) is 0 Å². The van der Waals surface area contributed by atoms with E-state index in [1.807, 2.05) is 0 Å². The van der Waals surface area contributed by atoms with Gasteiger partial charge in [0.05, 0.1) is 0 Å². The highest BCUT2D eigenvalue weighted by Crippen LogP contribution is 2.09. The van der Waals surface area contributed by atoms with Crippen molar-refractivity contribution in [1.82, 2.24) is 10.5 Å². The van der Waals surface area contributed by atoms with E-state index in [0.29, 0.717) is 17.6 Å². The molecule has 0 aliphatic rings. The Morgan fingerprint density at radius 1 is 1.85 bits per heavy atom. The third-order valence-corrected chi connectivity index (χ3v) is 1.76. The smallest absolute Gasteiger partial charge is 0.243 e. The molecule has 0 atom stereocenters. The summed E-state index contributed by atoms with van der Waals surface area (Å²) in [6.07, 6.45) is 1.86. The first kappa shape index (κ1) is 9.98. The molecule has 0 aliphatic carbocycles. The molecule has 0 saturated carbocycles. The van der Waals surface area contributed by atoms with E-state index >= 15 is 0 Å². The van der Waals surface area contributed by atoms with Gasteiger partial charge in [-0.15, -0.1) is 0 Å². The van der Waals surface area contributed by atoms with Gasteiger partial charge in [-0.05, 0) is 22.0 Å². The number of rotatable bonds is 4. The fraction of sp³-hybridized carbons (Fsp3) is 0.250. The van der Waals surface area contributed by atoms with Crippen LogP contribution in [-0.2, 0) is 11.2 Å². The fourth-order valence-corrected chi connectivity index (χ4v) is 1.11. The molecule has 1 rings (SSSR count). The number of halogens is 1. The largest absolute Gasteiger partial charge is 0.360 e. The molecule has 13 heavy (non-hydrogen) atoms. The number of carbonyl (C=O) groups excluding carboxylic acids is 1. The molecule has 1 amide bonds. The summed E-state index contributed by atoms with van der Waals surface area (Å²) in [6, 6.07) is 1.76. The molecule has 0 aliphatic heterocycles. The van der Waals surface area contributed by atoms with Gasteiger partial charge in [-0.2, -0.15) is 0 Å². The zero-order valence-corrected chi connectivity index (χ0v) is 8.50. The normalized spacial score (nSPS) is 9.62. The summed E-state index contributed by atoms with van der Waals surface area (Å²) in [5.41, 5.74) is 0. The molecule has 1 heterocycles. The van der Waals surface area contributed by atoms with E-state index in [2.05, 4.69) is 33.0 Å². The highest BCUT2D eigenvalue weighted by molar-refractivity contribution is 9.10. The van der Waals surface area contributed by atoms with Gasteiger partial charge in [-0.25, -0.2) is 0 Å². The van der Waals surface area contributed by atoms with Gasteiger partial charge in [0.1, 0.15) is 10.4 Å².